The Hall–Kier alpha value is -1.10. The quantitative estimate of drug-likeness (QED) is 0.614. The molecule has 0 rings (SSSR count). The van der Waals surface area contributed by atoms with E-state index in [2.05, 4.69) is 10.1 Å². The van der Waals surface area contributed by atoms with Crippen LogP contribution < -0.4 is 11.1 Å². The SMILES string of the molecule is CCOC(=O)CNC(=O)CC(N)C(C)C. The van der Waals surface area contributed by atoms with Crippen LogP contribution in [0.1, 0.15) is 27.2 Å². The Bertz CT molecular complexity index is 217. The average molecular weight is 216 g/mol. The van der Waals surface area contributed by atoms with Crippen molar-refractivity contribution >= 4 is 11.9 Å². The number of carbonyl (C=O) groups excluding carboxylic acids is 2. The minimum absolute atomic E-state index is 0.0858. The molecule has 0 aromatic rings. The van der Waals surface area contributed by atoms with E-state index in [0.717, 1.165) is 0 Å². The number of hydrogen-bond donors (Lipinski definition) is 2. The van der Waals surface area contributed by atoms with Crippen molar-refractivity contribution in [2.45, 2.75) is 33.2 Å². The molecule has 1 amide bonds. The molecule has 5 nitrogen and oxygen atoms in total. The zero-order valence-electron chi connectivity index (χ0n) is 9.58. The fraction of sp³-hybridized carbons (Fsp3) is 0.800. The minimum Gasteiger partial charge on any atom is -0.465 e. The van der Waals surface area contributed by atoms with E-state index in [-0.39, 0.29) is 30.8 Å². The first-order chi connectivity index (χ1) is 6.97. The third kappa shape index (κ3) is 6.90. The Labute approximate surface area is 90.4 Å². The highest BCUT2D eigenvalue weighted by atomic mass is 16.5. The molecule has 1 atom stereocenters. The lowest BCUT2D eigenvalue weighted by molar-refractivity contribution is -0.143. The highest BCUT2D eigenvalue weighted by molar-refractivity contribution is 5.82. The number of amides is 1. The van der Waals surface area contributed by atoms with Crippen molar-refractivity contribution in [3.05, 3.63) is 0 Å². The molecule has 5 heteroatoms. The number of rotatable bonds is 6. The van der Waals surface area contributed by atoms with Gasteiger partial charge in [-0.1, -0.05) is 13.8 Å². The molecule has 0 bridgehead atoms. The Morgan fingerprint density at radius 2 is 2.00 bits per heavy atom. The first-order valence-electron chi connectivity index (χ1n) is 5.15. The summed E-state index contributed by atoms with van der Waals surface area (Å²) in [6.07, 6.45) is 0.233. The predicted octanol–water partition coefficient (Wildman–Crippen LogP) is 0.0391. The smallest absolute Gasteiger partial charge is 0.325 e. The summed E-state index contributed by atoms with van der Waals surface area (Å²) >= 11 is 0. The largest absolute Gasteiger partial charge is 0.465 e. The molecule has 0 aromatic carbocycles. The van der Waals surface area contributed by atoms with Crippen molar-refractivity contribution in [2.75, 3.05) is 13.2 Å². The van der Waals surface area contributed by atoms with E-state index in [9.17, 15) is 9.59 Å². The Morgan fingerprint density at radius 3 is 2.47 bits per heavy atom. The van der Waals surface area contributed by atoms with Gasteiger partial charge in [0.1, 0.15) is 6.54 Å². The van der Waals surface area contributed by atoms with E-state index in [0.29, 0.717) is 6.61 Å². The predicted molar refractivity (Wildman–Crippen MR) is 57.1 cm³/mol. The molecule has 0 aliphatic rings. The van der Waals surface area contributed by atoms with Gasteiger partial charge >= 0.3 is 5.97 Å². The van der Waals surface area contributed by atoms with Crippen molar-refractivity contribution in [1.29, 1.82) is 0 Å². The molecular formula is C10H20N2O3. The van der Waals surface area contributed by atoms with Crippen molar-refractivity contribution in [1.82, 2.24) is 5.32 Å². The third-order valence-corrected chi connectivity index (χ3v) is 2.01. The topological polar surface area (TPSA) is 81.4 Å². The van der Waals surface area contributed by atoms with Gasteiger partial charge in [0.2, 0.25) is 5.91 Å². The molecule has 0 aromatic heterocycles. The van der Waals surface area contributed by atoms with E-state index >= 15 is 0 Å². The second-order valence-electron chi connectivity index (χ2n) is 3.69. The molecule has 88 valence electrons. The van der Waals surface area contributed by atoms with Crippen LogP contribution in [0.2, 0.25) is 0 Å². The summed E-state index contributed by atoms with van der Waals surface area (Å²) in [5.41, 5.74) is 5.71. The molecule has 1 unspecified atom stereocenters. The standard InChI is InChI=1S/C10H20N2O3/c1-4-15-10(14)6-12-9(13)5-8(11)7(2)3/h7-8H,4-6,11H2,1-3H3,(H,12,13). The normalized spacial score (nSPS) is 12.3. The van der Waals surface area contributed by atoms with Crippen LogP contribution in [0, 0.1) is 5.92 Å². The maximum absolute atomic E-state index is 11.3. The lowest BCUT2D eigenvalue weighted by Gasteiger charge is -2.14. The van der Waals surface area contributed by atoms with Crippen LogP contribution in [0.5, 0.6) is 0 Å². The summed E-state index contributed by atoms with van der Waals surface area (Å²) in [6, 6.07) is -0.174. The second kappa shape index (κ2) is 7.23. The van der Waals surface area contributed by atoms with Gasteiger partial charge < -0.3 is 15.8 Å². The van der Waals surface area contributed by atoms with Crippen molar-refractivity contribution in [3.8, 4) is 0 Å². The zero-order valence-corrected chi connectivity index (χ0v) is 9.58. The number of esters is 1. The Kier molecular flexibility index (Phi) is 6.70. The Morgan fingerprint density at radius 1 is 1.40 bits per heavy atom. The average Bonchev–Trinajstić information content (AvgIpc) is 2.15. The molecule has 15 heavy (non-hydrogen) atoms. The zero-order chi connectivity index (χ0) is 11.8. The van der Waals surface area contributed by atoms with Gasteiger partial charge in [0.15, 0.2) is 0 Å². The fourth-order valence-electron chi connectivity index (χ4n) is 0.905. The summed E-state index contributed by atoms with van der Waals surface area (Å²) in [7, 11) is 0. The highest BCUT2D eigenvalue weighted by Gasteiger charge is 2.13. The molecule has 3 N–H and O–H groups in total. The van der Waals surface area contributed by atoms with Crippen LogP contribution >= 0.6 is 0 Å². The van der Waals surface area contributed by atoms with Crippen molar-refractivity contribution in [3.63, 3.8) is 0 Å². The summed E-state index contributed by atoms with van der Waals surface area (Å²) in [5, 5.41) is 2.46. The maximum Gasteiger partial charge on any atom is 0.325 e. The number of nitrogens with two attached hydrogens (primary N) is 1. The minimum atomic E-state index is -0.427. The Balaban J connectivity index is 3.70. The van der Waals surface area contributed by atoms with E-state index < -0.39 is 5.97 Å². The van der Waals surface area contributed by atoms with Crippen LogP contribution in [-0.2, 0) is 14.3 Å². The number of ether oxygens (including phenoxy) is 1. The van der Waals surface area contributed by atoms with E-state index in [1.54, 1.807) is 6.92 Å². The van der Waals surface area contributed by atoms with E-state index in [1.807, 2.05) is 13.8 Å². The molecule has 0 aliphatic carbocycles. The van der Waals surface area contributed by atoms with Gasteiger partial charge in [-0.15, -0.1) is 0 Å². The van der Waals surface area contributed by atoms with Gasteiger partial charge in [-0.3, -0.25) is 9.59 Å². The summed E-state index contributed by atoms with van der Waals surface area (Å²) in [4.78, 5) is 22.2. The van der Waals surface area contributed by atoms with Gasteiger partial charge in [0.05, 0.1) is 6.61 Å². The molecule has 0 saturated carbocycles. The van der Waals surface area contributed by atoms with Crippen LogP contribution in [0.4, 0.5) is 0 Å². The molecule has 0 fully saturated rings. The molecule has 0 spiro atoms. The monoisotopic (exact) mass is 216 g/mol. The lowest BCUT2D eigenvalue weighted by atomic mass is 10.0. The van der Waals surface area contributed by atoms with Crippen LogP contribution in [0.15, 0.2) is 0 Å². The van der Waals surface area contributed by atoms with Gasteiger partial charge in [0.25, 0.3) is 0 Å². The van der Waals surface area contributed by atoms with Gasteiger partial charge in [0, 0.05) is 12.5 Å². The second-order valence-corrected chi connectivity index (χ2v) is 3.69. The molecule has 0 radical (unpaired) electrons. The number of carbonyl (C=O) groups is 2. The van der Waals surface area contributed by atoms with E-state index in [4.69, 9.17) is 5.73 Å². The fourth-order valence-corrected chi connectivity index (χ4v) is 0.905. The highest BCUT2D eigenvalue weighted by Crippen LogP contribution is 2.01. The van der Waals surface area contributed by atoms with Crippen LogP contribution in [0.3, 0.4) is 0 Å². The van der Waals surface area contributed by atoms with Crippen molar-refractivity contribution < 1.29 is 14.3 Å². The van der Waals surface area contributed by atoms with Gasteiger partial charge in [-0.25, -0.2) is 0 Å². The van der Waals surface area contributed by atoms with Gasteiger partial charge in [-0.05, 0) is 12.8 Å². The van der Waals surface area contributed by atoms with Gasteiger partial charge in [-0.2, -0.15) is 0 Å². The molecular weight excluding hydrogens is 196 g/mol. The summed E-state index contributed by atoms with van der Waals surface area (Å²) in [6.45, 7) is 5.85. The lowest BCUT2D eigenvalue weighted by Crippen LogP contribution is -2.37. The number of nitrogens with one attached hydrogen (secondary N) is 1. The first-order valence-corrected chi connectivity index (χ1v) is 5.15. The maximum atomic E-state index is 11.3. The summed E-state index contributed by atoms with van der Waals surface area (Å²) in [5.74, 6) is -0.397. The van der Waals surface area contributed by atoms with Crippen LogP contribution in [0.25, 0.3) is 0 Å². The number of hydrogen-bond acceptors (Lipinski definition) is 4. The molecule has 0 aliphatic heterocycles. The summed E-state index contributed by atoms with van der Waals surface area (Å²) < 4.78 is 4.66. The van der Waals surface area contributed by atoms with Crippen LogP contribution in [-0.4, -0.2) is 31.1 Å². The molecule has 0 saturated heterocycles. The van der Waals surface area contributed by atoms with Crippen molar-refractivity contribution in [2.24, 2.45) is 11.7 Å². The first kappa shape index (κ1) is 13.9. The molecule has 0 heterocycles. The van der Waals surface area contributed by atoms with E-state index in [1.165, 1.54) is 0 Å². The third-order valence-electron chi connectivity index (χ3n) is 2.01.